The van der Waals surface area contributed by atoms with E-state index in [1.165, 1.54) is 5.57 Å². The van der Waals surface area contributed by atoms with Gasteiger partial charge >= 0.3 is 0 Å². The second-order valence-electron chi connectivity index (χ2n) is 5.91. The van der Waals surface area contributed by atoms with Gasteiger partial charge in [0.2, 0.25) is 0 Å². The van der Waals surface area contributed by atoms with Gasteiger partial charge in [-0.15, -0.1) is 0 Å². The SMILES string of the molecule is CCC1=C(N2CCN(C)CC2)C(F)=C(CNC)N=C(C)C1. The number of likely N-dealkylation sites (N-methyl/N-ethyl adjacent to an activating group) is 2. The minimum absolute atomic E-state index is 0.136. The van der Waals surface area contributed by atoms with E-state index in [0.29, 0.717) is 12.2 Å². The average molecular weight is 294 g/mol. The number of allylic oxidation sites excluding steroid dienone is 2. The van der Waals surface area contributed by atoms with Crippen LogP contribution in [-0.4, -0.2) is 62.3 Å². The lowest BCUT2D eigenvalue weighted by molar-refractivity contribution is 0.183. The van der Waals surface area contributed by atoms with E-state index in [1.807, 2.05) is 14.0 Å². The average Bonchev–Trinajstić information content (AvgIpc) is 2.58. The van der Waals surface area contributed by atoms with E-state index in [2.05, 4.69) is 34.1 Å². The lowest BCUT2D eigenvalue weighted by atomic mass is 10.0. The molecule has 0 spiro atoms. The van der Waals surface area contributed by atoms with Gasteiger partial charge in [0, 0.05) is 44.9 Å². The van der Waals surface area contributed by atoms with Crippen molar-refractivity contribution in [3.63, 3.8) is 0 Å². The zero-order valence-corrected chi connectivity index (χ0v) is 13.7. The molecular weight excluding hydrogens is 267 g/mol. The Morgan fingerprint density at radius 1 is 1.24 bits per heavy atom. The monoisotopic (exact) mass is 294 g/mol. The number of aliphatic imine (C=N–C) groups is 1. The second-order valence-corrected chi connectivity index (χ2v) is 5.91. The molecular formula is C16H27FN4. The van der Waals surface area contributed by atoms with Crippen LogP contribution in [0.15, 0.2) is 27.8 Å². The van der Waals surface area contributed by atoms with Crippen LogP contribution in [0.5, 0.6) is 0 Å². The topological polar surface area (TPSA) is 30.9 Å². The zero-order valence-electron chi connectivity index (χ0n) is 13.7. The second kappa shape index (κ2) is 7.18. The third-order valence-electron chi connectivity index (χ3n) is 4.18. The Balaban J connectivity index is 2.39. The maximum atomic E-state index is 15.1. The number of hydrogen-bond acceptors (Lipinski definition) is 4. The molecule has 0 aromatic rings. The largest absolute Gasteiger partial charge is 0.367 e. The third-order valence-corrected chi connectivity index (χ3v) is 4.18. The number of piperazine rings is 1. The van der Waals surface area contributed by atoms with Gasteiger partial charge in [-0.3, -0.25) is 4.99 Å². The normalized spacial score (nSPS) is 21.8. The predicted octanol–water partition coefficient (Wildman–Crippen LogP) is 2.16. The Kier molecular flexibility index (Phi) is 5.53. The number of hydrogen-bond donors (Lipinski definition) is 1. The molecule has 21 heavy (non-hydrogen) atoms. The summed E-state index contributed by atoms with van der Waals surface area (Å²) in [4.78, 5) is 8.98. The summed E-state index contributed by atoms with van der Waals surface area (Å²) in [6, 6.07) is 0. The summed E-state index contributed by atoms with van der Waals surface area (Å²) in [6.07, 6.45) is 1.65. The van der Waals surface area contributed by atoms with Gasteiger partial charge in [-0.05, 0) is 33.0 Å². The lowest BCUT2D eigenvalue weighted by Crippen LogP contribution is -2.44. The van der Waals surface area contributed by atoms with Gasteiger partial charge in [-0.25, -0.2) is 4.39 Å². The van der Waals surface area contributed by atoms with Crippen molar-refractivity contribution in [2.24, 2.45) is 4.99 Å². The first kappa shape index (κ1) is 16.2. The summed E-state index contributed by atoms with van der Waals surface area (Å²) in [7, 11) is 3.95. The quantitative estimate of drug-likeness (QED) is 0.862. The van der Waals surface area contributed by atoms with E-state index >= 15 is 4.39 Å². The molecule has 2 aliphatic heterocycles. The molecule has 2 rings (SSSR count). The Morgan fingerprint density at radius 2 is 1.90 bits per heavy atom. The van der Waals surface area contributed by atoms with Gasteiger partial charge < -0.3 is 15.1 Å². The van der Waals surface area contributed by atoms with Gasteiger partial charge in [0.25, 0.3) is 0 Å². The Labute approximate surface area is 127 Å². The molecule has 0 bridgehead atoms. The fourth-order valence-electron chi connectivity index (χ4n) is 2.97. The van der Waals surface area contributed by atoms with Crippen LogP contribution in [-0.2, 0) is 0 Å². The van der Waals surface area contributed by atoms with Crippen LogP contribution in [0.25, 0.3) is 0 Å². The summed E-state index contributed by atoms with van der Waals surface area (Å²) in [5.74, 6) is -0.136. The van der Waals surface area contributed by atoms with Gasteiger partial charge in [0.1, 0.15) is 0 Å². The molecule has 0 aromatic carbocycles. The molecule has 1 N–H and O–H groups in total. The van der Waals surface area contributed by atoms with E-state index in [1.54, 1.807) is 0 Å². The van der Waals surface area contributed by atoms with E-state index < -0.39 is 0 Å². The van der Waals surface area contributed by atoms with Gasteiger partial charge in [-0.2, -0.15) is 0 Å². The Bertz CT molecular complexity index is 471. The van der Waals surface area contributed by atoms with Crippen LogP contribution in [0.1, 0.15) is 26.7 Å². The van der Waals surface area contributed by atoms with Crippen molar-refractivity contribution >= 4 is 5.71 Å². The van der Waals surface area contributed by atoms with Crippen LogP contribution >= 0.6 is 0 Å². The molecule has 1 saturated heterocycles. The summed E-state index contributed by atoms with van der Waals surface area (Å²) in [6.45, 7) is 8.30. The van der Waals surface area contributed by atoms with Crippen LogP contribution in [0.2, 0.25) is 0 Å². The van der Waals surface area contributed by atoms with Gasteiger partial charge in [-0.1, -0.05) is 6.92 Å². The van der Waals surface area contributed by atoms with Crippen molar-refractivity contribution in [3.8, 4) is 0 Å². The molecule has 0 unspecified atom stereocenters. The Morgan fingerprint density at radius 3 is 2.48 bits per heavy atom. The van der Waals surface area contributed by atoms with Crippen molar-refractivity contribution in [1.29, 1.82) is 0 Å². The molecule has 0 aliphatic carbocycles. The number of halogens is 1. The first-order valence-corrected chi connectivity index (χ1v) is 7.80. The van der Waals surface area contributed by atoms with E-state index in [4.69, 9.17) is 0 Å². The van der Waals surface area contributed by atoms with E-state index in [9.17, 15) is 0 Å². The van der Waals surface area contributed by atoms with E-state index in [-0.39, 0.29) is 5.83 Å². The fraction of sp³-hybridized carbons (Fsp3) is 0.688. The molecule has 1 fully saturated rings. The zero-order chi connectivity index (χ0) is 15.4. The minimum atomic E-state index is -0.136. The van der Waals surface area contributed by atoms with Crippen molar-refractivity contribution in [1.82, 2.24) is 15.1 Å². The molecule has 118 valence electrons. The first-order valence-electron chi connectivity index (χ1n) is 7.80. The summed E-state index contributed by atoms with van der Waals surface area (Å²) >= 11 is 0. The molecule has 0 atom stereocenters. The fourth-order valence-corrected chi connectivity index (χ4v) is 2.97. The highest BCUT2D eigenvalue weighted by Crippen LogP contribution is 2.31. The van der Waals surface area contributed by atoms with Crippen LogP contribution in [0, 0.1) is 0 Å². The summed E-state index contributed by atoms with van der Waals surface area (Å²) in [5, 5.41) is 3.03. The molecule has 0 amide bonds. The standard InChI is InChI=1S/C16H27FN4/c1-5-13-10-12(2)19-14(11-18-3)15(17)16(13)21-8-6-20(4)7-9-21/h18H,5-11H2,1-4H3. The van der Waals surface area contributed by atoms with Gasteiger partial charge in [0.05, 0.1) is 11.4 Å². The van der Waals surface area contributed by atoms with E-state index in [0.717, 1.165) is 50.4 Å². The summed E-state index contributed by atoms with van der Waals surface area (Å²) < 4.78 is 15.1. The maximum Gasteiger partial charge on any atom is 0.169 e. The lowest BCUT2D eigenvalue weighted by Gasteiger charge is -2.36. The molecule has 2 aliphatic rings. The highest BCUT2D eigenvalue weighted by Gasteiger charge is 2.26. The van der Waals surface area contributed by atoms with Crippen molar-refractivity contribution in [3.05, 3.63) is 22.8 Å². The Hall–Kier alpha value is -1.20. The highest BCUT2D eigenvalue weighted by molar-refractivity contribution is 5.86. The van der Waals surface area contributed by atoms with Crippen molar-refractivity contribution in [2.45, 2.75) is 26.7 Å². The molecule has 2 heterocycles. The van der Waals surface area contributed by atoms with Crippen molar-refractivity contribution in [2.75, 3.05) is 46.8 Å². The first-order chi connectivity index (χ1) is 10.1. The molecule has 0 saturated carbocycles. The molecule has 0 aromatic heterocycles. The predicted molar refractivity (Wildman–Crippen MR) is 86.2 cm³/mol. The number of nitrogens with one attached hydrogen (secondary N) is 1. The minimum Gasteiger partial charge on any atom is -0.367 e. The summed E-state index contributed by atoms with van der Waals surface area (Å²) in [5.41, 5.74) is 3.50. The highest BCUT2D eigenvalue weighted by atomic mass is 19.1. The van der Waals surface area contributed by atoms with Crippen LogP contribution in [0.3, 0.4) is 0 Å². The smallest absolute Gasteiger partial charge is 0.169 e. The van der Waals surface area contributed by atoms with Crippen molar-refractivity contribution < 1.29 is 4.39 Å². The van der Waals surface area contributed by atoms with Gasteiger partial charge in [0.15, 0.2) is 5.83 Å². The maximum absolute atomic E-state index is 15.1. The molecule has 5 heteroatoms. The van der Waals surface area contributed by atoms with Crippen LogP contribution in [0.4, 0.5) is 4.39 Å². The molecule has 4 nitrogen and oxygen atoms in total. The number of nitrogens with zero attached hydrogens (tertiary/aromatic N) is 3. The van der Waals surface area contributed by atoms with Crippen LogP contribution < -0.4 is 5.32 Å². The number of rotatable bonds is 4. The molecule has 0 radical (unpaired) electrons. The third kappa shape index (κ3) is 3.71.